The topological polar surface area (TPSA) is 54.7 Å². The van der Waals surface area contributed by atoms with Gasteiger partial charge in [-0.3, -0.25) is 0 Å². The molecule has 1 atom stereocenters. The Bertz CT molecular complexity index is 197. The normalized spacial score (nSPS) is 11.2. The molecule has 0 saturated heterocycles. The van der Waals surface area contributed by atoms with E-state index in [1.807, 2.05) is 13.8 Å². The molecule has 0 saturated carbocycles. The summed E-state index contributed by atoms with van der Waals surface area (Å²) in [5.74, 6) is 0.854. The van der Waals surface area contributed by atoms with Crippen LogP contribution in [0.2, 0.25) is 0 Å². The fourth-order valence-corrected chi connectivity index (χ4v) is 0.664. The minimum absolute atomic E-state index is 0. The maximum atomic E-state index is 5.53. The van der Waals surface area contributed by atoms with Crippen molar-refractivity contribution in [2.75, 3.05) is 0 Å². The Morgan fingerprint density at radius 3 is 2.27 bits per heavy atom. The molecule has 0 aliphatic rings. The molecule has 11 heavy (non-hydrogen) atoms. The van der Waals surface area contributed by atoms with Crippen LogP contribution >= 0.6 is 24.8 Å². The number of rotatable bonds is 1. The third-order valence-electron chi connectivity index (χ3n) is 1.15. The van der Waals surface area contributed by atoms with Gasteiger partial charge < -0.3 is 10.7 Å². The van der Waals surface area contributed by atoms with E-state index in [0.717, 1.165) is 11.5 Å². The van der Waals surface area contributed by atoms with E-state index >= 15 is 0 Å². The number of hydrogen-bond acceptors (Lipinski definition) is 2. The summed E-state index contributed by atoms with van der Waals surface area (Å²) in [4.78, 5) is 7.07. The Balaban J connectivity index is 0. The van der Waals surface area contributed by atoms with Crippen LogP contribution in [0.15, 0.2) is 6.20 Å². The molecule has 3 nitrogen and oxygen atoms in total. The summed E-state index contributed by atoms with van der Waals surface area (Å²) >= 11 is 0. The van der Waals surface area contributed by atoms with Gasteiger partial charge in [0.2, 0.25) is 0 Å². The zero-order valence-electron chi connectivity index (χ0n) is 6.50. The zero-order chi connectivity index (χ0) is 6.85. The lowest BCUT2D eigenvalue weighted by molar-refractivity contribution is 0.754. The lowest BCUT2D eigenvalue weighted by Gasteiger charge is -1.96. The van der Waals surface area contributed by atoms with E-state index in [1.165, 1.54) is 0 Å². The largest absolute Gasteiger partial charge is 0.345 e. The van der Waals surface area contributed by atoms with E-state index in [2.05, 4.69) is 9.97 Å². The predicted octanol–water partition coefficient (Wildman–Crippen LogP) is 1.58. The zero-order valence-corrected chi connectivity index (χ0v) is 8.13. The molecule has 5 heteroatoms. The minimum atomic E-state index is 0. The average Bonchev–Trinajstić information content (AvgIpc) is 2.14. The Morgan fingerprint density at radius 1 is 1.55 bits per heavy atom. The molecule has 0 aromatic carbocycles. The SMILES string of the molecule is Cc1cnc(C(C)N)[nH]1.Cl.Cl. The fourth-order valence-electron chi connectivity index (χ4n) is 0.664. The molecule has 0 spiro atoms. The third kappa shape index (κ3) is 3.60. The minimum Gasteiger partial charge on any atom is -0.345 e. The molecular weight excluding hydrogens is 185 g/mol. The molecular formula is C6H13Cl2N3. The number of nitrogens with one attached hydrogen (secondary N) is 1. The van der Waals surface area contributed by atoms with Gasteiger partial charge in [-0.1, -0.05) is 0 Å². The van der Waals surface area contributed by atoms with Crippen molar-refractivity contribution in [3.63, 3.8) is 0 Å². The van der Waals surface area contributed by atoms with Crippen LogP contribution in [0, 0.1) is 6.92 Å². The molecule has 3 N–H and O–H groups in total. The van der Waals surface area contributed by atoms with Gasteiger partial charge in [-0.15, -0.1) is 24.8 Å². The van der Waals surface area contributed by atoms with Crippen molar-refractivity contribution in [1.82, 2.24) is 9.97 Å². The first-order chi connectivity index (χ1) is 4.20. The van der Waals surface area contributed by atoms with Gasteiger partial charge in [0.1, 0.15) is 5.82 Å². The summed E-state index contributed by atoms with van der Waals surface area (Å²) in [5.41, 5.74) is 6.59. The summed E-state index contributed by atoms with van der Waals surface area (Å²) < 4.78 is 0. The number of aromatic nitrogens is 2. The van der Waals surface area contributed by atoms with Gasteiger partial charge in [0.15, 0.2) is 0 Å². The standard InChI is InChI=1S/C6H11N3.2ClH/c1-4-3-8-6(9-4)5(2)7;;/h3,5H,7H2,1-2H3,(H,8,9);2*1H. The predicted molar refractivity (Wildman–Crippen MR) is 50.4 cm³/mol. The molecule has 0 amide bonds. The third-order valence-corrected chi connectivity index (χ3v) is 1.15. The Kier molecular flexibility index (Phi) is 6.56. The maximum Gasteiger partial charge on any atom is 0.122 e. The summed E-state index contributed by atoms with van der Waals surface area (Å²) in [6.07, 6.45) is 1.78. The highest BCUT2D eigenvalue weighted by molar-refractivity contribution is 5.85. The number of imidazole rings is 1. The van der Waals surface area contributed by atoms with E-state index in [-0.39, 0.29) is 30.9 Å². The van der Waals surface area contributed by atoms with Gasteiger partial charge >= 0.3 is 0 Å². The second-order valence-corrected chi connectivity index (χ2v) is 2.24. The second-order valence-electron chi connectivity index (χ2n) is 2.24. The van der Waals surface area contributed by atoms with Crippen molar-refractivity contribution in [3.05, 3.63) is 17.7 Å². The number of hydrogen-bond donors (Lipinski definition) is 2. The van der Waals surface area contributed by atoms with Gasteiger partial charge in [0.05, 0.1) is 6.04 Å². The molecule has 1 aromatic heterocycles. The van der Waals surface area contributed by atoms with Crippen LogP contribution in [0.1, 0.15) is 24.5 Å². The molecule has 0 aliphatic heterocycles. The van der Waals surface area contributed by atoms with Gasteiger partial charge in [0, 0.05) is 11.9 Å². The van der Waals surface area contributed by atoms with Gasteiger partial charge in [-0.25, -0.2) is 4.98 Å². The van der Waals surface area contributed by atoms with Crippen LogP contribution in [-0.2, 0) is 0 Å². The first kappa shape index (κ1) is 13.3. The highest BCUT2D eigenvalue weighted by atomic mass is 35.5. The first-order valence-electron chi connectivity index (χ1n) is 2.97. The Labute approximate surface area is 78.6 Å². The van der Waals surface area contributed by atoms with Gasteiger partial charge in [-0.2, -0.15) is 0 Å². The summed E-state index contributed by atoms with van der Waals surface area (Å²) in [7, 11) is 0. The summed E-state index contributed by atoms with van der Waals surface area (Å²) in [5, 5.41) is 0. The van der Waals surface area contributed by atoms with E-state index < -0.39 is 0 Å². The Hall–Kier alpha value is -0.250. The molecule has 1 aromatic rings. The van der Waals surface area contributed by atoms with Crippen molar-refractivity contribution < 1.29 is 0 Å². The van der Waals surface area contributed by atoms with E-state index in [1.54, 1.807) is 6.20 Å². The molecule has 1 unspecified atom stereocenters. The molecule has 0 bridgehead atoms. The van der Waals surface area contributed by atoms with E-state index in [4.69, 9.17) is 5.73 Å². The highest BCUT2D eigenvalue weighted by Crippen LogP contribution is 2.02. The molecule has 0 fully saturated rings. The van der Waals surface area contributed by atoms with Crippen molar-refractivity contribution >= 4 is 24.8 Å². The van der Waals surface area contributed by atoms with Crippen LogP contribution in [0.25, 0.3) is 0 Å². The summed E-state index contributed by atoms with van der Waals surface area (Å²) in [6.45, 7) is 3.86. The van der Waals surface area contributed by atoms with Gasteiger partial charge in [0.25, 0.3) is 0 Å². The fraction of sp³-hybridized carbons (Fsp3) is 0.500. The second kappa shape index (κ2) is 5.41. The smallest absolute Gasteiger partial charge is 0.122 e. The number of halogens is 2. The molecule has 66 valence electrons. The van der Waals surface area contributed by atoms with Crippen LogP contribution in [-0.4, -0.2) is 9.97 Å². The Morgan fingerprint density at radius 2 is 2.09 bits per heavy atom. The highest BCUT2D eigenvalue weighted by Gasteiger charge is 2.00. The lowest BCUT2D eigenvalue weighted by atomic mass is 10.3. The van der Waals surface area contributed by atoms with Crippen molar-refractivity contribution in [1.29, 1.82) is 0 Å². The maximum absolute atomic E-state index is 5.53. The van der Waals surface area contributed by atoms with Crippen LogP contribution in [0.3, 0.4) is 0 Å². The number of nitrogens with two attached hydrogens (primary N) is 1. The van der Waals surface area contributed by atoms with Crippen LogP contribution in [0.4, 0.5) is 0 Å². The van der Waals surface area contributed by atoms with Crippen molar-refractivity contribution in [2.45, 2.75) is 19.9 Å². The molecule has 1 heterocycles. The summed E-state index contributed by atoms with van der Waals surface area (Å²) in [6, 6.07) is 0.0127. The number of H-pyrrole nitrogens is 1. The van der Waals surface area contributed by atoms with Crippen molar-refractivity contribution in [2.24, 2.45) is 5.73 Å². The van der Waals surface area contributed by atoms with Crippen LogP contribution in [0.5, 0.6) is 0 Å². The quantitative estimate of drug-likeness (QED) is 0.719. The number of nitrogens with zero attached hydrogens (tertiary/aromatic N) is 1. The van der Waals surface area contributed by atoms with Gasteiger partial charge in [-0.05, 0) is 13.8 Å². The molecule has 0 aliphatic carbocycles. The number of aryl methyl sites for hydroxylation is 1. The van der Waals surface area contributed by atoms with E-state index in [0.29, 0.717) is 0 Å². The lowest BCUT2D eigenvalue weighted by Crippen LogP contribution is -2.06. The first-order valence-corrected chi connectivity index (χ1v) is 2.97. The van der Waals surface area contributed by atoms with Crippen LogP contribution < -0.4 is 5.73 Å². The average molecular weight is 198 g/mol. The van der Waals surface area contributed by atoms with Crippen molar-refractivity contribution in [3.8, 4) is 0 Å². The molecule has 1 rings (SSSR count). The monoisotopic (exact) mass is 197 g/mol. The molecule has 0 radical (unpaired) electrons. The number of aromatic amines is 1. The van der Waals surface area contributed by atoms with E-state index in [9.17, 15) is 0 Å².